The van der Waals surface area contributed by atoms with Crippen LogP contribution in [0.5, 0.6) is 0 Å². The topological polar surface area (TPSA) is 85.9 Å². The molecule has 22 heavy (non-hydrogen) atoms. The molecule has 0 aliphatic carbocycles. The van der Waals surface area contributed by atoms with E-state index >= 15 is 0 Å². The summed E-state index contributed by atoms with van der Waals surface area (Å²) in [5.74, 6) is -0.262. The number of benzene rings is 1. The number of anilines is 1. The molecule has 8 heteroatoms. The van der Waals surface area contributed by atoms with Crippen molar-refractivity contribution < 1.29 is 19.4 Å². The average Bonchev–Trinajstić information content (AvgIpc) is 2.39. The van der Waals surface area contributed by atoms with E-state index in [9.17, 15) is 14.9 Å². The zero-order valence-electron chi connectivity index (χ0n) is 12.5. The Hall–Kier alpha value is -1.70. The van der Waals surface area contributed by atoms with Gasteiger partial charge >= 0.3 is 0 Å². The molecule has 2 rings (SSSR count). The van der Waals surface area contributed by atoms with Crippen LogP contribution in [-0.2, 0) is 9.53 Å². The third-order valence-electron chi connectivity index (χ3n) is 3.46. The highest BCUT2D eigenvalue weighted by atomic mass is 35.5. The van der Waals surface area contributed by atoms with E-state index in [1.165, 1.54) is 18.2 Å². The summed E-state index contributed by atoms with van der Waals surface area (Å²) in [6.07, 6.45) is 0.188. The first kappa shape index (κ1) is 16.7. The van der Waals surface area contributed by atoms with Crippen LogP contribution in [0.3, 0.4) is 0 Å². The Morgan fingerprint density at radius 2 is 2.09 bits per heavy atom. The molecule has 120 valence electrons. The van der Waals surface area contributed by atoms with Gasteiger partial charge in [0.1, 0.15) is 31.0 Å². The van der Waals surface area contributed by atoms with E-state index in [0.29, 0.717) is 0 Å². The molecule has 1 fully saturated rings. The summed E-state index contributed by atoms with van der Waals surface area (Å²) in [5, 5.41) is 13.9. The average molecular weight is 329 g/mol. The van der Waals surface area contributed by atoms with Crippen molar-refractivity contribution in [1.82, 2.24) is 0 Å². The maximum absolute atomic E-state index is 12.1. The predicted molar refractivity (Wildman–Crippen MR) is 82.3 cm³/mol. The number of nitro benzene ring substituents is 1. The number of quaternary nitrogens is 1. The molecular formula is C14H19ClN3O4+. The molecule has 1 amide bonds. The summed E-state index contributed by atoms with van der Waals surface area (Å²) in [7, 11) is 0. The molecule has 0 unspecified atom stereocenters. The van der Waals surface area contributed by atoms with Crippen LogP contribution in [0.4, 0.5) is 11.4 Å². The van der Waals surface area contributed by atoms with Gasteiger partial charge in [-0.1, -0.05) is 11.6 Å². The number of amides is 1. The van der Waals surface area contributed by atoms with E-state index in [4.69, 9.17) is 16.3 Å². The van der Waals surface area contributed by atoms with E-state index in [1.54, 1.807) is 0 Å². The van der Waals surface area contributed by atoms with Crippen LogP contribution >= 0.6 is 11.6 Å². The highest BCUT2D eigenvalue weighted by Crippen LogP contribution is 2.27. The van der Waals surface area contributed by atoms with Crippen molar-refractivity contribution >= 4 is 28.9 Å². The zero-order valence-corrected chi connectivity index (χ0v) is 13.2. The first-order chi connectivity index (χ1) is 10.3. The van der Waals surface area contributed by atoms with Gasteiger partial charge in [-0.3, -0.25) is 14.9 Å². The highest BCUT2D eigenvalue weighted by Gasteiger charge is 2.27. The third kappa shape index (κ3) is 4.40. The Morgan fingerprint density at radius 1 is 1.45 bits per heavy atom. The third-order valence-corrected chi connectivity index (χ3v) is 3.69. The fourth-order valence-electron chi connectivity index (χ4n) is 2.72. The van der Waals surface area contributed by atoms with Crippen molar-refractivity contribution in [2.75, 3.05) is 25.0 Å². The number of hydrogen-bond acceptors (Lipinski definition) is 4. The first-order valence-electron chi connectivity index (χ1n) is 7.08. The lowest BCUT2D eigenvalue weighted by Gasteiger charge is -2.31. The van der Waals surface area contributed by atoms with Crippen molar-refractivity contribution in [2.45, 2.75) is 26.1 Å². The molecular weight excluding hydrogens is 310 g/mol. The van der Waals surface area contributed by atoms with Gasteiger partial charge in [0.25, 0.3) is 11.6 Å². The van der Waals surface area contributed by atoms with E-state index < -0.39 is 4.92 Å². The highest BCUT2D eigenvalue weighted by molar-refractivity contribution is 6.31. The molecule has 1 heterocycles. The molecule has 7 nitrogen and oxygen atoms in total. The number of ether oxygens (including phenoxy) is 1. The molecule has 1 aromatic rings. The van der Waals surface area contributed by atoms with Gasteiger partial charge in [-0.25, -0.2) is 0 Å². The number of nitro groups is 1. The predicted octanol–water partition coefficient (Wildman–Crippen LogP) is 0.879. The molecule has 0 aromatic heterocycles. The second-order valence-corrected chi connectivity index (χ2v) is 6.00. The molecule has 1 saturated heterocycles. The smallest absolute Gasteiger partial charge is 0.294 e. The van der Waals surface area contributed by atoms with Crippen LogP contribution in [0, 0.1) is 10.1 Å². The van der Waals surface area contributed by atoms with E-state index in [-0.39, 0.29) is 41.1 Å². The number of nitrogens with one attached hydrogen (secondary N) is 2. The molecule has 2 atom stereocenters. The van der Waals surface area contributed by atoms with Gasteiger partial charge in [-0.15, -0.1) is 0 Å². The van der Waals surface area contributed by atoms with E-state index in [2.05, 4.69) is 5.32 Å². The van der Waals surface area contributed by atoms with Crippen LogP contribution in [0.25, 0.3) is 0 Å². The van der Waals surface area contributed by atoms with Crippen molar-refractivity contribution in [2.24, 2.45) is 0 Å². The molecule has 1 aliphatic heterocycles. The van der Waals surface area contributed by atoms with Crippen molar-refractivity contribution in [3.8, 4) is 0 Å². The maximum Gasteiger partial charge on any atom is 0.294 e. The lowest BCUT2D eigenvalue weighted by molar-refractivity contribution is -0.907. The van der Waals surface area contributed by atoms with Crippen LogP contribution in [-0.4, -0.2) is 42.7 Å². The number of nitrogens with zero attached hydrogens (tertiary/aromatic N) is 1. The lowest BCUT2D eigenvalue weighted by atomic mass is 10.2. The standard InChI is InChI=1S/C14H18ClN3O4/c1-9-6-17(7-10(2)22-9)8-14(19)16-12-4-3-11(15)5-13(12)18(20)21/h3-5,9-10H,6-8H2,1-2H3,(H,16,19)/p+1/t9-,10-/m0/s1. The second kappa shape index (κ2) is 7.04. The summed E-state index contributed by atoms with van der Waals surface area (Å²) in [6, 6.07) is 4.18. The van der Waals surface area contributed by atoms with Gasteiger partial charge in [-0.05, 0) is 26.0 Å². The summed E-state index contributed by atoms with van der Waals surface area (Å²) in [6.45, 7) is 5.66. The van der Waals surface area contributed by atoms with E-state index in [0.717, 1.165) is 18.0 Å². The number of morpholine rings is 1. The SMILES string of the molecule is C[C@H]1C[NH+](CC(=O)Nc2ccc(Cl)cc2[N+](=O)[O-])C[C@H](C)O1. The summed E-state index contributed by atoms with van der Waals surface area (Å²) in [5.41, 5.74) is -0.0484. The van der Waals surface area contributed by atoms with Crippen molar-refractivity contribution in [1.29, 1.82) is 0 Å². The van der Waals surface area contributed by atoms with Gasteiger partial charge in [0.05, 0.1) is 4.92 Å². The van der Waals surface area contributed by atoms with E-state index in [1.807, 2.05) is 13.8 Å². The normalized spacial score (nSPS) is 24.8. The molecule has 0 saturated carbocycles. The Bertz CT molecular complexity index is 571. The fourth-order valence-corrected chi connectivity index (χ4v) is 2.88. The Kier molecular flexibility index (Phi) is 5.33. The van der Waals surface area contributed by atoms with Crippen molar-refractivity contribution in [3.05, 3.63) is 33.3 Å². The minimum Gasteiger partial charge on any atom is -0.364 e. The van der Waals surface area contributed by atoms with Crippen LogP contribution < -0.4 is 10.2 Å². The summed E-state index contributed by atoms with van der Waals surface area (Å²) >= 11 is 5.75. The summed E-state index contributed by atoms with van der Waals surface area (Å²) < 4.78 is 5.62. The minimum atomic E-state index is -0.562. The van der Waals surface area contributed by atoms with Gasteiger partial charge in [0.15, 0.2) is 6.54 Å². The van der Waals surface area contributed by atoms with Crippen LogP contribution in [0.1, 0.15) is 13.8 Å². The van der Waals surface area contributed by atoms with Crippen molar-refractivity contribution in [3.63, 3.8) is 0 Å². The molecule has 2 N–H and O–H groups in total. The van der Waals surface area contributed by atoms with Gasteiger partial charge in [0.2, 0.25) is 0 Å². The Balaban J connectivity index is 2.02. The second-order valence-electron chi connectivity index (χ2n) is 5.56. The Labute approximate surface area is 133 Å². The number of carbonyl (C=O) groups is 1. The van der Waals surface area contributed by atoms with Crippen LogP contribution in [0.15, 0.2) is 18.2 Å². The molecule has 1 aromatic carbocycles. The van der Waals surface area contributed by atoms with Gasteiger partial charge < -0.3 is 15.0 Å². The largest absolute Gasteiger partial charge is 0.364 e. The molecule has 0 bridgehead atoms. The zero-order chi connectivity index (χ0) is 16.3. The quantitative estimate of drug-likeness (QED) is 0.634. The maximum atomic E-state index is 12.1. The number of rotatable bonds is 4. The summed E-state index contributed by atoms with van der Waals surface area (Å²) in [4.78, 5) is 23.7. The number of halogens is 1. The Morgan fingerprint density at radius 3 is 2.68 bits per heavy atom. The molecule has 0 spiro atoms. The number of hydrogen-bond donors (Lipinski definition) is 2. The monoisotopic (exact) mass is 328 g/mol. The van der Waals surface area contributed by atoms with Gasteiger partial charge in [-0.2, -0.15) is 0 Å². The molecule has 1 aliphatic rings. The lowest BCUT2D eigenvalue weighted by Crippen LogP contribution is -3.16. The molecule has 0 radical (unpaired) electrons. The minimum absolute atomic E-state index is 0.0939. The number of carbonyl (C=O) groups excluding carboxylic acids is 1. The fraction of sp³-hybridized carbons (Fsp3) is 0.500. The van der Waals surface area contributed by atoms with Gasteiger partial charge in [0, 0.05) is 11.1 Å². The first-order valence-corrected chi connectivity index (χ1v) is 7.45. The van der Waals surface area contributed by atoms with Crippen LogP contribution in [0.2, 0.25) is 5.02 Å².